The van der Waals surface area contributed by atoms with Crippen molar-refractivity contribution in [3.8, 4) is 56.3 Å². The maximum Gasteiger partial charge on any atom is 0.471 e. The van der Waals surface area contributed by atoms with Crippen LogP contribution in [-0.2, 0) is 9.59 Å². The number of carbonyl (C=O) groups excluding carboxylic acids is 4. The van der Waals surface area contributed by atoms with Crippen molar-refractivity contribution in [1.29, 1.82) is 0 Å². The summed E-state index contributed by atoms with van der Waals surface area (Å²) in [5, 5.41) is 5.47. The molecule has 7 N–H and O–H groups in total. The number of halogens is 3. The highest BCUT2D eigenvalue weighted by Crippen LogP contribution is 2.31. The second-order valence-corrected chi connectivity index (χ2v) is 15.5. The van der Waals surface area contributed by atoms with Crippen molar-refractivity contribution in [3.63, 3.8) is 0 Å². The number of benzene rings is 4. The fraction of sp³-hybridized carbons (Fsp3) is 0.137. The van der Waals surface area contributed by atoms with Gasteiger partial charge in [-0.3, -0.25) is 40.4 Å². The minimum Gasteiger partial charge on any atom is -0.492 e. The van der Waals surface area contributed by atoms with Gasteiger partial charge >= 0.3 is 12.1 Å². The van der Waals surface area contributed by atoms with E-state index in [0.29, 0.717) is 64.3 Å². The summed E-state index contributed by atoms with van der Waals surface area (Å²) in [5.41, 5.74) is 15.3. The summed E-state index contributed by atoms with van der Waals surface area (Å²) in [6.07, 6.45) is 0.0600. The third-order valence-electron chi connectivity index (χ3n) is 10.9. The Morgan fingerprint density at radius 2 is 1.09 bits per heavy atom. The molecule has 0 fully saturated rings. The molecule has 0 saturated carbocycles. The zero-order chi connectivity index (χ0) is 49.2. The number of alkyl halides is 3. The van der Waals surface area contributed by atoms with Crippen molar-refractivity contribution in [2.75, 3.05) is 31.7 Å². The second kappa shape index (κ2) is 21.3. The van der Waals surface area contributed by atoms with Gasteiger partial charge < -0.3 is 20.1 Å². The van der Waals surface area contributed by atoms with Gasteiger partial charge in [-0.25, -0.2) is 20.8 Å². The standard InChI is InChI=1S/C51H43F3N10O6/c1-2-47(65)57-21-23-69-36-15-11-32(12-16-36)31-5-9-35(10-6-31)44-25-38(48(66)62-55)41-29-59-46(27-45(41)61-44)63-64-49(67)39-26-43(60-42-19-20-56-28-40(39)42)34-7-3-30(4-8-34)33-13-17-37(18-14-33)70-24-22-58-50(68)51(52,53)54/h3-20,25-29H,2,21-24,55H2,1H3,(H,57,65)(H,58,68)(H,59,63)(H,62,66)(H,64,67). The maximum absolute atomic E-state index is 13.9. The highest BCUT2D eigenvalue weighted by molar-refractivity contribution is 6.08. The van der Waals surface area contributed by atoms with Gasteiger partial charge in [0.15, 0.2) is 0 Å². The quantitative estimate of drug-likeness (QED) is 0.0225. The van der Waals surface area contributed by atoms with E-state index in [-0.39, 0.29) is 36.0 Å². The largest absolute Gasteiger partial charge is 0.492 e. The number of nitrogen functional groups attached to an aromatic ring is 1. The molecule has 4 amide bonds. The Morgan fingerprint density at radius 3 is 1.61 bits per heavy atom. The summed E-state index contributed by atoms with van der Waals surface area (Å²) in [6, 6.07) is 36.3. The predicted octanol–water partition coefficient (Wildman–Crippen LogP) is 7.56. The number of pyridine rings is 4. The van der Waals surface area contributed by atoms with Crippen LogP contribution in [0.2, 0.25) is 0 Å². The zero-order valence-corrected chi connectivity index (χ0v) is 37.3. The summed E-state index contributed by atoms with van der Waals surface area (Å²) in [5.74, 6) is 3.81. The van der Waals surface area contributed by atoms with Crippen LogP contribution >= 0.6 is 0 Å². The maximum atomic E-state index is 13.9. The first kappa shape index (κ1) is 47.5. The molecule has 8 aromatic rings. The summed E-state index contributed by atoms with van der Waals surface area (Å²) >= 11 is 0. The van der Waals surface area contributed by atoms with Crippen LogP contribution < -0.4 is 42.2 Å². The number of hydrazine groups is 2. The number of aromatic nitrogens is 4. The Labute approximate surface area is 397 Å². The number of fused-ring (bicyclic) bond motifs is 2. The Kier molecular flexibility index (Phi) is 14.5. The average Bonchev–Trinajstić information content (AvgIpc) is 3.39. The molecule has 0 bridgehead atoms. The van der Waals surface area contributed by atoms with Crippen molar-refractivity contribution >= 4 is 51.3 Å². The van der Waals surface area contributed by atoms with E-state index < -0.39 is 23.9 Å². The number of nitrogens with one attached hydrogen (secondary N) is 5. The fourth-order valence-corrected chi connectivity index (χ4v) is 7.27. The van der Waals surface area contributed by atoms with Crippen molar-refractivity contribution in [1.82, 2.24) is 41.4 Å². The number of carbonyl (C=O) groups is 4. The van der Waals surface area contributed by atoms with Crippen LogP contribution in [0.5, 0.6) is 11.5 Å². The van der Waals surface area contributed by atoms with Crippen LogP contribution in [0.25, 0.3) is 66.6 Å². The molecule has 70 heavy (non-hydrogen) atoms. The molecule has 0 aliphatic rings. The molecule has 0 saturated heterocycles. The lowest BCUT2D eigenvalue weighted by Gasteiger charge is -2.13. The number of amides is 4. The van der Waals surface area contributed by atoms with Crippen LogP contribution in [0, 0.1) is 0 Å². The van der Waals surface area contributed by atoms with Crippen LogP contribution in [0.15, 0.2) is 140 Å². The number of nitrogens with zero attached hydrogens (tertiary/aromatic N) is 4. The minimum atomic E-state index is -4.96. The smallest absolute Gasteiger partial charge is 0.471 e. The topological polar surface area (TPSA) is 224 Å². The van der Waals surface area contributed by atoms with E-state index in [2.05, 4.69) is 31.6 Å². The molecule has 19 heteroatoms. The first-order chi connectivity index (χ1) is 33.9. The number of hydrogen-bond acceptors (Lipinski definition) is 12. The lowest BCUT2D eigenvalue weighted by atomic mass is 10.0. The molecule has 4 heterocycles. The molecule has 0 aliphatic carbocycles. The molecule has 16 nitrogen and oxygen atoms in total. The minimum absolute atomic E-state index is 0.0309. The Morgan fingerprint density at radius 1 is 0.600 bits per heavy atom. The van der Waals surface area contributed by atoms with Crippen LogP contribution in [0.1, 0.15) is 34.1 Å². The first-order valence-corrected chi connectivity index (χ1v) is 21.8. The van der Waals surface area contributed by atoms with Gasteiger partial charge in [0.25, 0.3) is 11.8 Å². The van der Waals surface area contributed by atoms with E-state index in [1.54, 1.807) is 73.2 Å². The number of rotatable bonds is 17. The lowest BCUT2D eigenvalue weighted by molar-refractivity contribution is -0.173. The van der Waals surface area contributed by atoms with E-state index in [4.69, 9.17) is 25.3 Å². The van der Waals surface area contributed by atoms with Gasteiger partial charge in [-0.05, 0) is 64.7 Å². The Bertz CT molecular complexity index is 3190. The van der Waals surface area contributed by atoms with Crippen LogP contribution in [0.3, 0.4) is 0 Å². The zero-order valence-electron chi connectivity index (χ0n) is 37.3. The van der Waals surface area contributed by atoms with Crippen molar-refractivity contribution in [3.05, 3.63) is 151 Å². The fourth-order valence-electron chi connectivity index (χ4n) is 7.27. The number of nitrogens with two attached hydrogens (primary N) is 1. The van der Waals surface area contributed by atoms with E-state index >= 15 is 0 Å². The Hall–Kier alpha value is -8.97. The molecule has 8 rings (SSSR count). The third kappa shape index (κ3) is 11.4. The van der Waals surface area contributed by atoms with Gasteiger partial charge in [0, 0.05) is 53.0 Å². The molecule has 0 spiro atoms. The van der Waals surface area contributed by atoms with E-state index in [1.165, 1.54) is 6.20 Å². The molecule has 0 atom stereocenters. The number of ether oxygens (including phenoxy) is 2. The summed E-state index contributed by atoms with van der Waals surface area (Å²) < 4.78 is 48.4. The predicted molar refractivity (Wildman–Crippen MR) is 257 cm³/mol. The number of hydrogen-bond donors (Lipinski definition) is 6. The van der Waals surface area contributed by atoms with E-state index in [0.717, 1.165) is 33.4 Å². The summed E-state index contributed by atoms with van der Waals surface area (Å²) in [6.45, 7) is 2.11. The summed E-state index contributed by atoms with van der Waals surface area (Å²) in [7, 11) is 0. The van der Waals surface area contributed by atoms with Crippen molar-refractivity contribution in [2.45, 2.75) is 19.5 Å². The van der Waals surface area contributed by atoms with Crippen molar-refractivity contribution in [2.24, 2.45) is 5.84 Å². The van der Waals surface area contributed by atoms with Crippen molar-refractivity contribution < 1.29 is 41.8 Å². The molecule has 0 radical (unpaired) electrons. The molecule has 4 aromatic heterocycles. The molecule has 354 valence electrons. The van der Waals surface area contributed by atoms with Gasteiger partial charge in [-0.15, -0.1) is 0 Å². The molecular weight excluding hydrogens is 906 g/mol. The van der Waals surface area contributed by atoms with Gasteiger partial charge in [0.2, 0.25) is 5.91 Å². The van der Waals surface area contributed by atoms with E-state index in [1.807, 2.05) is 72.8 Å². The van der Waals surface area contributed by atoms with Crippen LogP contribution in [-0.4, -0.2) is 76.0 Å². The third-order valence-corrected chi connectivity index (χ3v) is 10.9. The monoisotopic (exact) mass is 948 g/mol. The Balaban J connectivity index is 0.951. The first-order valence-electron chi connectivity index (χ1n) is 21.8. The average molecular weight is 949 g/mol. The molecule has 0 unspecified atom stereocenters. The highest BCUT2D eigenvalue weighted by atomic mass is 19.4. The molecule has 0 aliphatic heterocycles. The van der Waals surface area contributed by atoms with Gasteiger partial charge in [-0.1, -0.05) is 79.7 Å². The normalized spacial score (nSPS) is 11.2. The van der Waals surface area contributed by atoms with Gasteiger partial charge in [-0.2, -0.15) is 13.2 Å². The van der Waals surface area contributed by atoms with Gasteiger partial charge in [0.05, 0.1) is 46.6 Å². The second-order valence-electron chi connectivity index (χ2n) is 15.5. The molecular formula is C51H43F3N10O6. The molecule has 4 aromatic carbocycles. The summed E-state index contributed by atoms with van der Waals surface area (Å²) in [4.78, 5) is 67.7. The van der Waals surface area contributed by atoms with Gasteiger partial charge in [0.1, 0.15) is 30.5 Å². The lowest BCUT2D eigenvalue weighted by Crippen LogP contribution is -2.38. The number of anilines is 1. The SMILES string of the molecule is CCC(=O)NCCOc1ccc(-c2ccc(-c3cc(C(=O)NN)c4cnc(NNC(=O)c5cc(-c6ccc(-c7ccc(OCCNC(=O)C(F)(F)F)cc7)cc6)nc6ccncc56)cc4n3)cc2)cc1. The highest BCUT2D eigenvalue weighted by Gasteiger charge is 2.38. The van der Waals surface area contributed by atoms with Crippen LogP contribution in [0.4, 0.5) is 19.0 Å². The van der Waals surface area contributed by atoms with E-state index in [9.17, 15) is 32.3 Å².